The summed E-state index contributed by atoms with van der Waals surface area (Å²) < 4.78 is 6.77. The number of benzene rings is 2. The third-order valence-corrected chi connectivity index (χ3v) is 5.11. The van der Waals surface area contributed by atoms with E-state index >= 15 is 0 Å². The van der Waals surface area contributed by atoms with E-state index in [1.807, 2.05) is 32.0 Å². The third-order valence-electron chi connectivity index (χ3n) is 5.11. The van der Waals surface area contributed by atoms with E-state index in [1.165, 1.54) is 5.56 Å². The fraction of sp³-hybridized carbons (Fsp3) is 0.333. The quantitative estimate of drug-likeness (QED) is 0.565. The molecule has 1 N–H and O–H groups in total. The Morgan fingerprint density at radius 3 is 2.61 bits per heavy atom. The molecular formula is C24H27N3O4. The van der Waals surface area contributed by atoms with Crippen molar-refractivity contribution in [2.24, 2.45) is 0 Å². The van der Waals surface area contributed by atoms with Gasteiger partial charge in [0.05, 0.1) is 16.6 Å². The van der Waals surface area contributed by atoms with Gasteiger partial charge in [0, 0.05) is 12.6 Å². The average molecular weight is 421 g/mol. The molecule has 1 atom stereocenters. The summed E-state index contributed by atoms with van der Waals surface area (Å²) in [6.45, 7) is 5.59. The van der Waals surface area contributed by atoms with E-state index in [0.717, 1.165) is 12.8 Å². The number of fused-ring (bicyclic) bond motifs is 1. The molecule has 0 saturated carbocycles. The lowest BCUT2D eigenvalue weighted by Crippen LogP contribution is -2.36. The molecule has 0 bridgehead atoms. The first kappa shape index (κ1) is 22.2. The number of rotatable bonds is 8. The molecule has 2 aromatic carbocycles. The normalized spacial score (nSPS) is 11.8. The number of nitrogens with zero attached hydrogens (tertiary/aromatic N) is 2. The zero-order valence-electron chi connectivity index (χ0n) is 18.1. The van der Waals surface area contributed by atoms with E-state index in [-0.39, 0.29) is 29.7 Å². The predicted molar refractivity (Wildman–Crippen MR) is 119 cm³/mol. The molecule has 7 nitrogen and oxygen atoms in total. The van der Waals surface area contributed by atoms with Gasteiger partial charge in [-0.25, -0.2) is 9.78 Å². The van der Waals surface area contributed by atoms with Gasteiger partial charge in [0.15, 0.2) is 6.61 Å². The molecule has 0 fully saturated rings. The molecule has 0 aliphatic heterocycles. The van der Waals surface area contributed by atoms with Crippen LogP contribution in [0.1, 0.15) is 41.9 Å². The summed E-state index contributed by atoms with van der Waals surface area (Å²) >= 11 is 0. The molecule has 7 heteroatoms. The van der Waals surface area contributed by atoms with Gasteiger partial charge in [-0.05, 0) is 57.4 Å². The molecule has 0 aliphatic rings. The number of aromatic nitrogens is 2. The lowest BCUT2D eigenvalue weighted by molar-refractivity contribution is -0.124. The van der Waals surface area contributed by atoms with E-state index in [0.29, 0.717) is 23.3 Å². The highest BCUT2D eigenvalue weighted by atomic mass is 16.5. The van der Waals surface area contributed by atoms with E-state index in [1.54, 1.807) is 29.7 Å². The second kappa shape index (κ2) is 10.0. The Morgan fingerprint density at radius 2 is 1.90 bits per heavy atom. The molecule has 0 aliphatic carbocycles. The molecule has 31 heavy (non-hydrogen) atoms. The van der Waals surface area contributed by atoms with Gasteiger partial charge in [-0.1, -0.05) is 30.3 Å². The van der Waals surface area contributed by atoms with Crippen LogP contribution in [0.4, 0.5) is 0 Å². The number of amides is 1. The van der Waals surface area contributed by atoms with Gasteiger partial charge >= 0.3 is 5.97 Å². The van der Waals surface area contributed by atoms with Crippen molar-refractivity contribution in [3.63, 3.8) is 0 Å². The highest BCUT2D eigenvalue weighted by Gasteiger charge is 2.14. The van der Waals surface area contributed by atoms with Crippen LogP contribution in [0.5, 0.6) is 0 Å². The largest absolute Gasteiger partial charge is 0.452 e. The number of ether oxygens (including phenoxy) is 1. The number of hydrogen-bond acceptors (Lipinski definition) is 5. The highest BCUT2D eigenvalue weighted by Crippen LogP contribution is 2.14. The smallest absolute Gasteiger partial charge is 0.338 e. The monoisotopic (exact) mass is 421 g/mol. The van der Waals surface area contributed by atoms with Crippen LogP contribution in [0.25, 0.3) is 11.0 Å². The second-order valence-corrected chi connectivity index (χ2v) is 7.52. The van der Waals surface area contributed by atoms with Crippen LogP contribution in [0.15, 0.2) is 53.3 Å². The summed E-state index contributed by atoms with van der Waals surface area (Å²) in [6.07, 6.45) is 1.65. The maximum absolute atomic E-state index is 12.4. The van der Waals surface area contributed by atoms with Crippen molar-refractivity contribution in [2.45, 2.75) is 46.2 Å². The van der Waals surface area contributed by atoms with Gasteiger partial charge < -0.3 is 14.6 Å². The van der Waals surface area contributed by atoms with Crippen LogP contribution in [-0.4, -0.2) is 34.1 Å². The minimum absolute atomic E-state index is 0.0370. The summed E-state index contributed by atoms with van der Waals surface area (Å²) in [5.74, 6) is -0.953. The Hall–Kier alpha value is -3.48. The first-order chi connectivity index (χ1) is 14.9. The zero-order valence-corrected chi connectivity index (χ0v) is 18.1. The molecule has 1 heterocycles. The molecule has 1 aromatic heterocycles. The van der Waals surface area contributed by atoms with Gasteiger partial charge in [-0.2, -0.15) is 0 Å². The molecule has 3 rings (SSSR count). The maximum Gasteiger partial charge on any atom is 0.338 e. The number of carbonyl (C=O) groups excluding carboxylic acids is 2. The van der Waals surface area contributed by atoms with Crippen molar-refractivity contribution in [2.75, 3.05) is 6.61 Å². The Kier molecular flexibility index (Phi) is 7.18. The van der Waals surface area contributed by atoms with Gasteiger partial charge in [-0.15, -0.1) is 0 Å². The first-order valence-electron chi connectivity index (χ1n) is 10.4. The summed E-state index contributed by atoms with van der Waals surface area (Å²) in [5, 5.41) is 2.85. The minimum atomic E-state index is -0.609. The summed E-state index contributed by atoms with van der Waals surface area (Å²) in [6, 6.07) is 14.8. The van der Waals surface area contributed by atoms with Crippen molar-refractivity contribution < 1.29 is 14.3 Å². The average Bonchev–Trinajstić information content (AvgIpc) is 2.77. The fourth-order valence-corrected chi connectivity index (χ4v) is 3.45. The molecule has 3 aromatic rings. The van der Waals surface area contributed by atoms with Crippen molar-refractivity contribution in [1.82, 2.24) is 14.9 Å². The maximum atomic E-state index is 12.4. The Bertz CT molecular complexity index is 1140. The molecule has 162 valence electrons. The van der Waals surface area contributed by atoms with E-state index in [9.17, 15) is 14.4 Å². The summed E-state index contributed by atoms with van der Waals surface area (Å²) in [5.41, 5.74) is 2.90. The van der Waals surface area contributed by atoms with E-state index in [4.69, 9.17) is 4.74 Å². The van der Waals surface area contributed by atoms with Crippen molar-refractivity contribution in [3.05, 3.63) is 75.7 Å². The lowest BCUT2D eigenvalue weighted by Gasteiger charge is -2.14. The van der Waals surface area contributed by atoms with E-state index in [2.05, 4.69) is 22.4 Å². The minimum Gasteiger partial charge on any atom is -0.452 e. The number of nitrogens with one attached hydrogen (secondary N) is 1. The standard InChI is InChI=1S/C24H27N3O4/c1-4-27-21-13-12-19(14-20(21)26-17(3)23(27)29)24(30)31-15-22(28)25-16(2)10-11-18-8-6-5-7-9-18/h5-9,12-14,16H,4,10-11,15H2,1-3H3,(H,25,28)/t16-/m0/s1. The van der Waals surface area contributed by atoms with Crippen LogP contribution in [0, 0.1) is 6.92 Å². The van der Waals surface area contributed by atoms with Crippen LogP contribution in [-0.2, 0) is 22.5 Å². The third kappa shape index (κ3) is 5.57. The van der Waals surface area contributed by atoms with E-state index < -0.39 is 5.97 Å². The SMILES string of the molecule is CCn1c(=O)c(C)nc2cc(C(=O)OCC(=O)N[C@@H](C)CCc3ccccc3)ccc21. The van der Waals surface area contributed by atoms with Gasteiger partial charge in [0.2, 0.25) is 0 Å². The van der Waals surface area contributed by atoms with Crippen LogP contribution < -0.4 is 10.9 Å². The molecule has 0 spiro atoms. The fourth-order valence-electron chi connectivity index (χ4n) is 3.45. The number of esters is 1. The summed E-state index contributed by atoms with van der Waals surface area (Å²) in [7, 11) is 0. The van der Waals surface area contributed by atoms with Gasteiger partial charge in [0.1, 0.15) is 5.69 Å². The second-order valence-electron chi connectivity index (χ2n) is 7.52. The van der Waals surface area contributed by atoms with Crippen LogP contribution in [0.3, 0.4) is 0 Å². The number of hydrogen-bond donors (Lipinski definition) is 1. The van der Waals surface area contributed by atoms with Crippen molar-refractivity contribution in [1.29, 1.82) is 0 Å². The lowest BCUT2D eigenvalue weighted by atomic mass is 10.1. The van der Waals surface area contributed by atoms with Gasteiger partial charge in [0.25, 0.3) is 11.5 Å². The molecule has 0 radical (unpaired) electrons. The highest BCUT2D eigenvalue weighted by molar-refractivity contribution is 5.94. The Balaban J connectivity index is 1.56. The molecule has 0 unspecified atom stereocenters. The van der Waals surface area contributed by atoms with Crippen molar-refractivity contribution in [3.8, 4) is 0 Å². The number of aryl methyl sites for hydroxylation is 3. The van der Waals surface area contributed by atoms with Crippen LogP contribution in [0.2, 0.25) is 0 Å². The van der Waals surface area contributed by atoms with Crippen molar-refractivity contribution >= 4 is 22.9 Å². The predicted octanol–water partition coefficient (Wildman–Crippen LogP) is 3.02. The van der Waals surface area contributed by atoms with Crippen LogP contribution >= 0.6 is 0 Å². The van der Waals surface area contributed by atoms with Gasteiger partial charge in [-0.3, -0.25) is 9.59 Å². The number of carbonyl (C=O) groups is 2. The first-order valence-corrected chi connectivity index (χ1v) is 10.4. The molecule has 1 amide bonds. The Labute approximate surface area is 181 Å². The molecule has 0 saturated heterocycles. The topological polar surface area (TPSA) is 90.3 Å². The zero-order chi connectivity index (χ0) is 22.4. The molecular weight excluding hydrogens is 394 g/mol. The summed E-state index contributed by atoms with van der Waals surface area (Å²) in [4.78, 5) is 41.0. The Morgan fingerprint density at radius 1 is 1.16 bits per heavy atom.